The van der Waals surface area contributed by atoms with Crippen LogP contribution in [0.5, 0.6) is 0 Å². The minimum absolute atomic E-state index is 0.0258. The highest BCUT2D eigenvalue weighted by atomic mass is 35.5. The van der Waals surface area contributed by atoms with Crippen LogP contribution in [0, 0.1) is 17.1 Å². The molecule has 0 aromatic heterocycles. The summed E-state index contributed by atoms with van der Waals surface area (Å²) in [6, 6.07) is 2.57. The summed E-state index contributed by atoms with van der Waals surface area (Å²) in [7, 11) is 0. The molecule has 0 spiro atoms. The van der Waals surface area contributed by atoms with Gasteiger partial charge in [-0.15, -0.1) is 0 Å². The van der Waals surface area contributed by atoms with Crippen LogP contribution in [0.25, 0.3) is 10.4 Å². The summed E-state index contributed by atoms with van der Waals surface area (Å²) in [6.07, 6.45) is -3.75. The fourth-order valence-corrected chi connectivity index (χ4v) is 4.43. The molecule has 0 bridgehead atoms. The molecule has 11 nitrogen and oxygen atoms in total. The van der Waals surface area contributed by atoms with Crippen molar-refractivity contribution in [2.45, 2.75) is 55.5 Å². The Balaban J connectivity index is 2.51. The highest BCUT2D eigenvalue weighted by Gasteiger charge is 2.50. The number of thioether (sulfide) groups is 1. The average molecular weight is 501 g/mol. The largest absolute Gasteiger partial charge is 0.463 e. The first-order valence-corrected chi connectivity index (χ1v) is 10.6. The van der Waals surface area contributed by atoms with Crippen molar-refractivity contribution in [1.29, 1.82) is 5.26 Å². The molecular weight excluding hydrogens is 483 g/mol. The number of nitrogens with zero attached hydrogens (tertiary/aromatic N) is 4. The molecule has 1 fully saturated rings. The quantitative estimate of drug-likeness (QED) is 0.180. The molecule has 14 heteroatoms. The molecule has 0 N–H and O–H groups in total. The van der Waals surface area contributed by atoms with Gasteiger partial charge in [0, 0.05) is 30.6 Å². The van der Waals surface area contributed by atoms with Gasteiger partial charge in [0.2, 0.25) is 0 Å². The Morgan fingerprint density at radius 3 is 2.42 bits per heavy atom. The Kier molecular flexibility index (Phi) is 9.31. The van der Waals surface area contributed by atoms with Gasteiger partial charge in [-0.1, -0.05) is 28.5 Å². The number of halogens is 2. The molecule has 2 rings (SSSR count). The van der Waals surface area contributed by atoms with Gasteiger partial charge in [0.1, 0.15) is 48.3 Å². The first-order chi connectivity index (χ1) is 15.6. The van der Waals surface area contributed by atoms with E-state index in [1.54, 1.807) is 6.07 Å². The summed E-state index contributed by atoms with van der Waals surface area (Å²) in [5, 5.41) is 12.6. The normalized spacial score (nSPS) is 24.1. The van der Waals surface area contributed by atoms with E-state index in [2.05, 4.69) is 10.0 Å². The summed E-state index contributed by atoms with van der Waals surface area (Å²) in [5.74, 6) is -2.99. The van der Waals surface area contributed by atoms with Crippen LogP contribution in [0.3, 0.4) is 0 Å². The molecule has 176 valence electrons. The van der Waals surface area contributed by atoms with Crippen LogP contribution >= 0.6 is 23.4 Å². The fraction of sp³-hybridized carbons (Fsp3) is 0.474. The van der Waals surface area contributed by atoms with Gasteiger partial charge < -0.3 is 18.9 Å². The molecule has 1 aliphatic rings. The van der Waals surface area contributed by atoms with Crippen LogP contribution in [0.4, 0.5) is 4.39 Å². The number of esters is 3. The van der Waals surface area contributed by atoms with Crippen LogP contribution in [0.2, 0.25) is 5.02 Å². The van der Waals surface area contributed by atoms with Gasteiger partial charge in [0.05, 0.1) is 10.6 Å². The fourth-order valence-electron chi connectivity index (χ4n) is 3.00. The van der Waals surface area contributed by atoms with Gasteiger partial charge >= 0.3 is 17.9 Å². The standard InChI is InChI=1S/C19H18ClFN4O7S/c1-8(26)29-7-14-17(30-9(2)27)16(24-25-23)18(31-10(3)28)19(32-14)33-15-5-12(20)11(6-22)4-13(15)21/h4-5,14,16-19H,7H2,1-3H3/t14-,16+,17+,18-,19-/m1/s1. The van der Waals surface area contributed by atoms with E-state index in [-0.39, 0.29) is 15.5 Å². The molecule has 1 heterocycles. The number of carbonyl (C=O) groups is 3. The summed E-state index contributed by atoms with van der Waals surface area (Å²) in [4.78, 5) is 37.4. The predicted octanol–water partition coefficient (Wildman–Crippen LogP) is 3.27. The number of ether oxygens (including phenoxy) is 4. The number of nitriles is 1. The monoisotopic (exact) mass is 500 g/mol. The summed E-state index contributed by atoms with van der Waals surface area (Å²) < 4.78 is 35.9. The van der Waals surface area contributed by atoms with Crippen molar-refractivity contribution in [3.63, 3.8) is 0 Å². The lowest BCUT2D eigenvalue weighted by Gasteiger charge is -2.43. The summed E-state index contributed by atoms with van der Waals surface area (Å²) >= 11 is 6.73. The lowest BCUT2D eigenvalue weighted by atomic mass is 9.97. The second-order valence-corrected chi connectivity index (χ2v) is 8.23. The van der Waals surface area contributed by atoms with Crippen molar-refractivity contribution in [3.8, 4) is 6.07 Å². The first kappa shape index (κ1) is 26.2. The van der Waals surface area contributed by atoms with Crippen molar-refractivity contribution in [1.82, 2.24) is 0 Å². The third-order valence-corrected chi connectivity index (χ3v) is 5.73. The topological polar surface area (TPSA) is 161 Å². The number of carbonyl (C=O) groups excluding carboxylic acids is 3. The summed E-state index contributed by atoms with van der Waals surface area (Å²) in [5.41, 5.74) is 7.79. The van der Waals surface area contributed by atoms with Crippen LogP contribution in [0.1, 0.15) is 26.3 Å². The van der Waals surface area contributed by atoms with Gasteiger partial charge in [0.15, 0.2) is 0 Å². The number of rotatable bonds is 7. The summed E-state index contributed by atoms with van der Waals surface area (Å²) in [6.45, 7) is 2.95. The molecule has 1 aromatic rings. The van der Waals surface area contributed by atoms with Crippen molar-refractivity contribution in [3.05, 3.63) is 39.0 Å². The molecule has 5 atom stereocenters. The lowest BCUT2D eigenvalue weighted by molar-refractivity contribution is -0.201. The Morgan fingerprint density at radius 2 is 1.88 bits per heavy atom. The lowest BCUT2D eigenvalue weighted by Crippen LogP contribution is -2.59. The Bertz CT molecular complexity index is 1030. The molecule has 0 saturated carbocycles. The van der Waals surface area contributed by atoms with E-state index in [0.29, 0.717) is 0 Å². The second-order valence-electron chi connectivity index (χ2n) is 6.68. The van der Waals surface area contributed by atoms with Crippen LogP contribution in [0.15, 0.2) is 22.1 Å². The van der Waals surface area contributed by atoms with Gasteiger partial charge in [0.25, 0.3) is 0 Å². The van der Waals surface area contributed by atoms with Gasteiger partial charge in [-0.2, -0.15) is 5.26 Å². The predicted molar refractivity (Wildman–Crippen MR) is 111 cm³/mol. The highest BCUT2D eigenvalue weighted by molar-refractivity contribution is 7.99. The maximum absolute atomic E-state index is 14.6. The van der Waals surface area contributed by atoms with E-state index in [4.69, 9.17) is 41.3 Å². The van der Waals surface area contributed by atoms with E-state index in [1.165, 1.54) is 6.07 Å². The minimum Gasteiger partial charge on any atom is -0.463 e. The first-order valence-electron chi connectivity index (χ1n) is 9.30. The van der Waals surface area contributed by atoms with Crippen LogP contribution < -0.4 is 0 Å². The highest BCUT2D eigenvalue weighted by Crippen LogP contribution is 2.39. The SMILES string of the molecule is CC(=O)OC[C@H]1O[C@H](Sc2cc(Cl)c(C#N)cc2F)[C@H](OC(C)=O)[C@@H](N=[N+]=[N-])[C@H]1OC(C)=O. The maximum atomic E-state index is 14.6. The van der Waals surface area contributed by atoms with E-state index in [9.17, 15) is 18.8 Å². The van der Waals surface area contributed by atoms with E-state index >= 15 is 0 Å². The Morgan fingerprint density at radius 1 is 1.24 bits per heavy atom. The Hall–Kier alpha value is -3.04. The molecule has 0 radical (unpaired) electrons. The Labute approximate surface area is 196 Å². The van der Waals surface area contributed by atoms with Gasteiger partial charge in [-0.3, -0.25) is 14.4 Å². The molecule has 0 unspecified atom stereocenters. The molecule has 33 heavy (non-hydrogen) atoms. The third kappa shape index (κ3) is 6.97. The third-order valence-electron chi connectivity index (χ3n) is 4.24. The number of azide groups is 1. The zero-order chi connectivity index (χ0) is 24.7. The number of hydrogen-bond acceptors (Lipinski definition) is 10. The second kappa shape index (κ2) is 11.7. The van der Waals surface area contributed by atoms with Crippen LogP contribution in [-0.2, 0) is 33.3 Å². The van der Waals surface area contributed by atoms with Crippen molar-refractivity contribution in [2.75, 3.05) is 6.61 Å². The van der Waals surface area contributed by atoms with E-state index < -0.39 is 60.1 Å². The minimum atomic E-state index is -1.32. The molecule has 0 aliphatic carbocycles. The maximum Gasteiger partial charge on any atom is 0.303 e. The molecule has 1 aliphatic heterocycles. The number of hydrogen-bond donors (Lipinski definition) is 0. The van der Waals surface area contributed by atoms with Crippen molar-refractivity contribution in [2.24, 2.45) is 5.11 Å². The van der Waals surface area contributed by atoms with Gasteiger partial charge in [-0.25, -0.2) is 4.39 Å². The molecular formula is C19H18ClFN4O7S. The van der Waals surface area contributed by atoms with Crippen LogP contribution in [-0.4, -0.2) is 54.3 Å². The number of benzene rings is 1. The molecule has 1 saturated heterocycles. The smallest absolute Gasteiger partial charge is 0.303 e. The van der Waals surface area contributed by atoms with E-state index in [0.717, 1.165) is 38.6 Å². The van der Waals surface area contributed by atoms with E-state index in [1.807, 2.05) is 0 Å². The zero-order valence-corrected chi connectivity index (χ0v) is 19.1. The van der Waals surface area contributed by atoms with Crippen molar-refractivity contribution >= 4 is 41.3 Å². The van der Waals surface area contributed by atoms with Gasteiger partial charge in [-0.05, 0) is 17.7 Å². The molecule has 0 amide bonds. The zero-order valence-electron chi connectivity index (χ0n) is 17.6. The molecule has 1 aromatic carbocycles. The van der Waals surface area contributed by atoms with Crippen molar-refractivity contribution < 1.29 is 37.7 Å². The average Bonchev–Trinajstić information content (AvgIpc) is 2.72.